The van der Waals surface area contributed by atoms with Crippen molar-refractivity contribution in [2.24, 2.45) is 0 Å². The Bertz CT molecular complexity index is 1240. The topological polar surface area (TPSA) is 92.4 Å². The molecule has 2 N–H and O–H groups in total. The van der Waals surface area contributed by atoms with Crippen molar-refractivity contribution in [3.63, 3.8) is 0 Å². The molecule has 0 aliphatic heterocycles. The van der Waals surface area contributed by atoms with Gasteiger partial charge in [-0.15, -0.1) is 0 Å². The number of rotatable bonds is 6. The average Bonchev–Trinajstić information content (AvgIpc) is 2.74. The van der Waals surface area contributed by atoms with E-state index in [2.05, 4.69) is 15.0 Å². The molecule has 0 bridgehead atoms. The summed E-state index contributed by atoms with van der Waals surface area (Å²) in [6.07, 6.45) is -9.57. The molecule has 0 saturated heterocycles. The standard InChI is InChI=1S/C22H19F5N2O4/c1-3-21(22(25,26)27,18-15(23)5-4-6-16(18)24)10-17(30)19(31)28-12-7-8-13-14(9-12)11(2)29-33-20(13)32/h4-9,17,30H,3,10H2,1-2H3,(H,28,31). The Hall–Kier alpha value is -3.34. The summed E-state index contributed by atoms with van der Waals surface area (Å²) in [5, 5.41) is 16.6. The van der Waals surface area contributed by atoms with Crippen LogP contribution >= 0.6 is 0 Å². The van der Waals surface area contributed by atoms with Crippen LogP contribution in [0.25, 0.3) is 10.8 Å². The number of amides is 1. The van der Waals surface area contributed by atoms with Crippen molar-refractivity contribution in [2.45, 2.75) is 44.4 Å². The number of nitrogens with zero attached hydrogens (tertiary/aromatic N) is 1. The van der Waals surface area contributed by atoms with Crippen molar-refractivity contribution in [1.82, 2.24) is 5.16 Å². The Balaban J connectivity index is 1.94. The van der Waals surface area contributed by atoms with Crippen LogP contribution in [-0.4, -0.2) is 28.5 Å². The lowest BCUT2D eigenvalue weighted by Crippen LogP contribution is -2.48. The minimum Gasteiger partial charge on any atom is -0.383 e. The van der Waals surface area contributed by atoms with Crippen LogP contribution in [0.3, 0.4) is 0 Å². The number of hydrogen-bond donors (Lipinski definition) is 2. The van der Waals surface area contributed by atoms with Crippen LogP contribution in [0.5, 0.6) is 0 Å². The second-order valence-electron chi connectivity index (χ2n) is 7.56. The van der Waals surface area contributed by atoms with E-state index in [0.717, 1.165) is 13.0 Å². The summed E-state index contributed by atoms with van der Waals surface area (Å²) in [4.78, 5) is 24.2. The highest BCUT2D eigenvalue weighted by atomic mass is 19.4. The molecule has 2 unspecified atom stereocenters. The lowest BCUT2D eigenvalue weighted by atomic mass is 9.72. The van der Waals surface area contributed by atoms with E-state index in [0.29, 0.717) is 23.2 Å². The molecule has 0 aliphatic rings. The molecule has 0 radical (unpaired) electrons. The molecule has 0 spiro atoms. The number of aryl methyl sites for hydroxylation is 1. The van der Waals surface area contributed by atoms with Crippen molar-refractivity contribution >= 4 is 22.4 Å². The van der Waals surface area contributed by atoms with Crippen LogP contribution in [0.2, 0.25) is 0 Å². The van der Waals surface area contributed by atoms with E-state index in [9.17, 15) is 36.6 Å². The molecule has 6 nitrogen and oxygen atoms in total. The van der Waals surface area contributed by atoms with E-state index in [1.54, 1.807) is 0 Å². The molecular formula is C22H19F5N2O4. The van der Waals surface area contributed by atoms with Gasteiger partial charge >= 0.3 is 11.8 Å². The Morgan fingerprint density at radius 3 is 2.36 bits per heavy atom. The zero-order chi connectivity index (χ0) is 24.6. The summed E-state index contributed by atoms with van der Waals surface area (Å²) in [6.45, 7) is 2.60. The van der Waals surface area contributed by atoms with Crippen molar-refractivity contribution < 1.29 is 36.4 Å². The van der Waals surface area contributed by atoms with Crippen LogP contribution in [0, 0.1) is 18.6 Å². The summed E-state index contributed by atoms with van der Waals surface area (Å²) < 4.78 is 75.5. The van der Waals surface area contributed by atoms with Gasteiger partial charge in [0.05, 0.1) is 16.5 Å². The van der Waals surface area contributed by atoms with Gasteiger partial charge in [0.1, 0.15) is 17.7 Å². The molecule has 0 aliphatic carbocycles. The number of anilines is 1. The number of carbonyl (C=O) groups is 1. The smallest absolute Gasteiger partial charge is 0.383 e. The number of benzene rings is 2. The molecule has 0 fully saturated rings. The highest BCUT2D eigenvalue weighted by Gasteiger charge is 2.58. The first-order valence-corrected chi connectivity index (χ1v) is 9.81. The molecular weight excluding hydrogens is 451 g/mol. The number of fused-ring (bicyclic) bond motifs is 1. The molecule has 1 heterocycles. The summed E-state index contributed by atoms with van der Waals surface area (Å²) in [7, 11) is 0. The number of hydrogen-bond acceptors (Lipinski definition) is 5. The number of carbonyl (C=O) groups excluding carboxylic acids is 1. The van der Waals surface area contributed by atoms with Gasteiger partial charge in [0.25, 0.3) is 5.91 Å². The van der Waals surface area contributed by atoms with E-state index in [4.69, 9.17) is 0 Å². The molecule has 0 saturated carbocycles. The highest BCUT2D eigenvalue weighted by Crippen LogP contribution is 2.49. The third-order valence-electron chi connectivity index (χ3n) is 5.59. The Morgan fingerprint density at radius 2 is 1.79 bits per heavy atom. The van der Waals surface area contributed by atoms with Gasteiger partial charge in [-0.1, -0.05) is 18.1 Å². The van der Waals surface area contributed by atoms with Crippen molar-refractivity contribution in [3.05, 3.63) is 69.7 Å². The third kappa shape index (κ3) is 4.45. The van der Waals surface area contributed by atoms with Crippen molar-refractivity contribution in [3.8, 4) is 0 Å². The first-order chi connectivity index (χ1) is 15.4. The lowest BCUT2D eigenvalue weighted by Gasteiger charge is -2.37. The summed E-state index contributed by atoms with van der Waals surface area (Å²) in [5.41, 5.74) is -4.75. The number of nitrogens with one attached hydrogen (secondary N) is 1. The quantitative estimate of drug-likeness (QED) is 0.522. The second kappa shape index (κ2) is 8.89. The van der Waals surface area contributed by atoms with E-state index in [1.165, 1.54) is 25.1 Å². The Labute approximate surface area is 184 Å². The summed E-state index contributed by atoms with van der Waals surface area (Å²) >= 11 is 0. The molecule has 2 aromatic carbocycles. The monoisotopic (exact) mass is 470 g/mol. The minimum atomic E-state index is -5.17. The van der Waals surface area contributed by atoms with E-state index < -0.39 is 59.3 Å². The van der Waals surface area contributed by atoms with E-state index in [-0.39, 0.29) is 11.1 Å². The Morgan fingerprint density at radius 1 is 1.15 bits per heavy atom. The number of aliphatic hydroxyl groups is 1. The predicted molar refractivity (Wildman–Crippen MR) is 109 cm³/mol. The fraction of sp³-hybridized carbons (Fsp3) is 0.318. The van der Waals surface area contributed by atoms with Crippen LogP contribution in [0.15, 0.2) is 45.7 Å². The molecule has 1 amide bonds. The van der Waals surface area contributed by atoms with E-state index in [1.807, 2.05) is 0 Å². The second-order valence-corrected chi connectivity index (χ2v) is 7.56. The number of aliphatic hydroxyl groups excluding tert-OH is 1. The predicted octanol–water partition coefficient (Wildman–Crippen LogP) is 4.37. The maximum atomic E-state index is 14.3. The molecule has 11 heteroatoms. The van der Waals surface area contributed by atoms with Gasteiger partial charge in [0.2, 0.25) is 0 Å². The summed E-state index contributed by atoms with van der Waals surface area (Å²) in [6, 6.07) is 6.24. The van der Waals surface area contributed by atoms with Gasteiger partial charge < -0.3 is 14.9 Å². The molecule has 3 rings (SSSR count). The summed E-state index contributed by atoms with van der Waals surface area (Å²) in [5.74, 6) is -4.09. The number of halogens is 5. The molecule has 3 aromatic rings. The number of alkyl halides is 3. The third-order valence-corrected chi connectivity index (χ3v) is 5.59. The molecule has 2 atom stereocenters. The molecule has 33 heavy (non-hydrogen) atoms. The van der Waals surface area contributed by atoms with Gasteiger partial charge in [0, 0.05) is 23.1 Å². The number of aromatic nitrogens is 1. The maximum Gasteiger partial charge on any atom is 0.398 e. The average molecular weight is 470 g/mol. The first-order valence-electron chi connectivity index (χ1n) is 9.81. The van der Waals surface area contributed by atoms with Crippen molar-refractivity contribution in [2.75, 3.05) is 5.32 Å². The minimum absolute atomic E-state index is 0.0632. The van der Waals surface area contributed by atoms with Gasteiger partial charge in [-0.05, 0) is 43.7 Å². The highest BCUT2D eigenvalue weighted by molar-refractivity contribution is 5.96. The van der Waals surface area contributed by atoms with Crippen LogP contribution in [-0.2, 0) is 10.2 Å². The maximum absolute atomic E-state index is 14.3. The fourth-order valence-corrected chi connectivity index (χ4v) is 3.79. The van der Waals surface area contributed by atoms with Gasteiger partial charge in [-0.25, -0.2) is 13.6 Å². The zero-order valence-corrected chi connectivity index (χ0v) is 17.5. The fourth-order valence-electron chi connectivity index (χ4n) is 3.79. The first kappa shape index (κ1) is 24.3. The van der Waals surface area contributed by atoms with Crippen LogP contribution < -0.4 is 10.9 Å². The van der Waals surface area contributed by atoms with Gasteiger partial charge in [0.15, 0.2) is 0 Å². The zero-order valence-electron chi connectivity index (χ0n) is 17.5. The molecule has 176 valence electrons. The van der Waals surface area contributed by atoms with Crippen molar-refractivity contribution in [1.29, 1.82) is 0 Å². The SMILES string of the molecule is CCC(CC(O)C(=O)Nc1ccc2c(=O)onc(C)c2c1)(c1c(F)cccc1F)C(F)(F)F. The van der Waals surface area contributed by atoms with E-state index >= 15 is 0 Å². The van der Waals surface area contributed by atoms with Gasteiger partial charge in [-0.3, -0.25) is 4.79 Å². The van der Waals surface area contributed by atoms with Crippen LogP contribution in [0.4, 0.5) is 27.6 Å². The largest absolute Gasteiger partial charge is 0.398 e. The van der Waals surface area contributed by atoms with Gasteiger partial charge in [-0.2, -0.15) is 13.2 Å². The normalized spacial score (nSPS) is 14.7. The molecule has 1 aromatic heterocycles. The lowest BCUT2D eigenvalue weighted by molar-refractivity contribution is -0.201. The van der Waals surface area contributed by atoms with Crippen LogP contribution in [0.1, 0.15) is 31.0 Å². The Kier molecular flexibility index (Phi) is 6.55.